The van der Waals surface area contributed by atoms with E-state index in [1.165, 1.54) is 0 Å². The molecule has 1 saturated heterocycles. The van der Waals surface area contributed by atoms with Crippen LogP contribution in [0.5, 0.6) is 0 Å². The second-order valence-electron chi connectivity index (χ2n) is 3.87. The molecule has 1 unspecified atom stereocenters. The second kappa shape index (κ2) is 4.85. The number of hydrogen-bond acceptors (Lipinski definition) is 2. The molecule has 1 aliphatic heterocycles. The molecule has 0 spiro atoms. The molecule has 0 radical (unpaired) electrons. The van der Waals surface area contributed by atoms with Gasteiger partial charge in [0, 0.05) is 6.54 Å². The van der Waals surface area contributed by atoms with Gasteiger partial charge in [-0.05, 0) is 17.7 Å². The summed E-state index contributed by atoms with van der Waals surface area (Å²) in [5.74, 6) is -4.26. The fraction of sp³-hybridized carbons (Fsp3) is 0.364. The minimum absolute atomic E-state index is 0.0171. The number of ether oxygens (including phenoxy) is 1. The van der Waals surface area contributed by atoms with Crippen molar-refractivity contribution in [3.63, 3.8) is 0 Å². The molecule has 0 bridgehead atoms. The van der Waals surface area contributed by atoms with Crippen molar-refractivity contribution >= 4 is 6.09 Å². The number of carboxylic acid groups (broad SMARTS) is 1. The Morgan fingerprint density at radius 3 is 2.50 bits per heavy atom. The Hall–Kier alpha value is -1.76. The highest BCUT2D eigenvalue weighted by atomic mass is 19.2. The monoisotopic (exact) mass is 261 g/mol. The molecule has 1 aromatic carbocycles. The van der Waals surface area contributed by atoms with Gasteiger partial charge >= 0.3 is 6.09 Å². The molecule has 1 aromatic rings. The third-order valence-electron chi connectivity index (χ3n) is 2.77. The fourth-order valence-electron chi connectivity index (χ4n) is 1.88. The Morgan fingerprint density at radius 1 is 1.33 bits per heavy atom. The van der Waals surface area contributed by atoms with E-state index in [9.17, 15) is 18.0 Å². The molecule has 2 rings (SSSR count). The molecule has 0 aliphatic carbocycles. The average molecular weight is 261 g/mol. The van der Waals surface area contributed by atoms with Crippen molar-refractivity contribution < 1.29 is 27.8 Å². The van der Waals surface area contributed by atoms with Gasteiger partial charge in [-0.2, -0.15) is 0 Å². The Kier molecular flexibility index (Phi) is 3.42. The van der Waals surface area contributed by atoms with Crippen LogP contribution in [0.2, 0.25) is 0 Å². The first-order valence-electron chi connectivity index (χ1n) is 5.22. The van der Waals surface area contributed by atoms with Crippen LogP contribution in [0.1, 0.15) is 11.6 Å². The van der Waals surface area contributed by atoms with Crippen LogP contribution in [-0.4, -0.2) is 35.9 Å². The summed E-state index contributed by atoms with van der Waals surface area (Å²) < 4.78 is 44.1. The van der Waals surface area contributed by atoms with Crippen LogP contribution in [0.25, 0.3) is 0 Å². The molecule has 1 fully saturated rings. The number of nitrogens with zero attached hydrogens (tertiary/aromatic N) is 1. The van der Waals surface area contributed by atoms with Crippen molar-refractivity contribution in [2.24, 2.45) is 0 Å². The van der Waals surface area contributed by atoms with Gasteiger partial charge in [-0.15, -0.1) is 0 Å². The Bertz CT molecular complexity index is 458. The van der Waals surface area contributed by atoms with Gasteiger partial charge in [0.05, 0.1) is 19.3 Å². The van der Waals surface area contributed by atoms with E-state index in [0.29, 0.717) is 0 Å². The van der Waals surface area contributed by atoms with E-state index in [2.05, 4.69) is 0 Å². The highest BCUT2D eigenvalue weighted by Crippen LogP contribution is 2.26. The molecule has 1 aliphatic rings. The van der Waals surface area contributed by atoms with Gasteiger partial charge < -0.3 is 9.84 Å². The summed E-state index contributed by atoms with van der Waals surface area (Å²) in [6.07, 6.45) is -1.21. The summed E-state index contributed by atoms with van der Waals surface area (Å²) in [4.78, 5) is 12.0. The van der Waals surface area contributed by atoms with Gasteiger partial charge in [0.2, 0.25) is 0 Å². The summed E-state index contributed by atoms with van der Waals surface area (Å²) >= 11 is 0. The minimum atomic E-state index is -1.57. The van der Waals surface area contributed by atoms with E-state index < -0.39 is 29.6 Å². The summed E-state index contributed by atoms with van der Waals surface area (Å²) in [5.41, 5.74) is 0.0356. The SMILES string of the molecule is O=C(O)N1CCOCC1c1cc(F)c(F)c(F)c1. The van der Waals surface area contributed by atoms with E-state index in [1.807, 2.05) is 0 Å². The molecular formula is C11H10F3NO3. The Labute approximate surface area is 101 Å². The highest BCUT2D eigenvalue weighted by molar-refractivity contribution is 5.66. The average Bonchev–Trinajstić information content (AvgIpc) is 2.35. The molecule has 98 valence electrons. The Balaban J connectivity index is 2.37. The van der Waals surface area contributed by atoms with E-state index in [-0.39, 0.29) is 25.3 Å². The molecule has 0 aromatic heterocycles. The number of carbonyl (C=O) groups is 1. The van der Waals surface area contributed by atoms with Crippen LogP contribution >= 0.6 is 0 Å². The summed E-state index contributed by atoms with van der Waals surface area (Å²) in [6, 6.07) is 0.738. The van der Waals surface area contributed by atoms with E-state index in [4.69, 9.17) is 9.84 Å². The summed E-state index contributed by atoms with van der Waals surface area (Å²) in [7, 11) is 0. The minimum Gasteiger partial charge on any atom is -0.465 e. The summed E-state index contributed by atoms with van der Waals surface area (Å²) in [6.45, 7) is 0.298. The predicted molar refractivity (Wildman–Crippen MR) is 54.6 cm³/mol. The fourth-order valence-corrected chi connectivity index (χ4v) is 1.88. The first-order valence-corrected chi connectivity index (χ1v) is 5.22. The lowest BCUT2D eigenvalue weighted by Gasteiger charge is -2.33. The molecule has 7 heteroatoms. The maximum Gasteiger partial charge on any atom is 0.407 e. The number of hydrogen-bond donors (Lipinski definition) is 1. The molecule has 1 amide bonds. The van der Waals surface area contributed by atoms with Gasteiger partial charge in [0.1, 0.15) is 0 Å². The van der Waals surface area contributed by atoms with Gasteiger partial charge in [-0.3, -0.25) is 4.90 Å². The standard InChI is InChI=1S/C11H10F3NO3/c12-7-3-6(4-8(13)10(7)14)9-5-18-2-1-15(9)11(16)17/h3-4,9H,1-2,5H2,(H,16,17). The largest absolute Gasteiger partial charge is 0.465 e. The number of halogens is 3. The Morgan fingerprint density at radius 2 is 1.94 bits per heavy atom. The normalized spacial score (nSPS) is 19.9. The van der Waals surface area contributed by atoms with Gasteiger partial charge in [0.25, 0.3) is 0 Å². The maximum absolute atomic E-state index is 13.1. The zero-order valence-corrected chi connectivity index (χ0v) is 9.20. The maximum atomic E-state index is 13.1. The van der Waals surface area contributed by atoms with Crippen LogP contribution in [0.4, 0.5) is 18.0 Å². The first-order chi connectivity index (χ1) is 8.50. The van der Waals surface area contributed by atoms with Gasteiger partial charge in [0.15, 0.2) is 17.5 Å². The van der Waals surface area contributed by atoms with Crippen molar-refractivity contribution in [2.75, 3.05) is 19.8 Å². The number of benzene rings is 1. The van der Waals surface area contributed by atoms with E-state index >= 15 is 0 Å². The summed E-state index contributed by atoms with van der Waals surface area (Å²) in [5, 5.41) is 8.97. The van der Waals surface area contributed by atoms with Crippen LogP contribution in [-0.2, 0) is 4.74 Å². The van der Waals surface area contributed by atoms with Crippen LogP contribution in [0.3, 0.4) is 0 Å². The third-order valence-corrected chi connectivity index (χ3v) is 2.77. The van der Waals surface area contributed by atoms with E-state index in [0.717, 1.165) is 17.0 Å². The van der Waals surface area contributed by atoms with Crippen molar-refractivity contribution in [2.45, 2.75) is 6.04 Å². The smallest absolute Gasteiger partial charge is 0.407 e. The van der Waals surface area contributed by atoms with Crippen molar-refractivity contribution in [1.29, 1.82) is 0 Å². The van der Waals surface area contributed by atoms with Crippen LogP contribution < -0.4 is 0 Å². The number of morpholine rings is 1. The van der Waals surface area contributed by atoms with Gasteiger partial charge in [-0.25, -0.2) is 18.0 Å². The lowest BCUT2D eigenvalue weighted by atomic mass is 10.0. The van der Waals surface area contributed by atoms with Crippen LogP contribution in [0.15, 0.2) is 12.1 Å². The first kappa shape index (κ1) is 12.7. The van der Waals surface area contributed by atoms with Crippen molar-refractivity contribution in [1.82, 2.24) is 4.90 Å². The quantitative estimate of drug-likeness (QED) is 0.788. The van der Waals surface area contributed by atoms with Crippen molar-refractivity contribution in [3.8, 4) is 0 Å². The molecule has 4 nitrogen and oxygen atoms in total. The number of rotatable bonds is 1. The lowest BCUT2D eigenvalue weighted by molar-refractivity contribution is -0.00112. The molecular weight excluding hydrogens is 251 g/mol. The zero-order chi connectivity index (χ0) is 13.3. The molecule has 0 saturated carbocycles. The second-order valence-corrected chi connectivity index (χ2v) is 3.87. The van der Waals surface area contributed by atoms with Crippen LogP contribution in [0, 0.1) is 17.5 Å². The van der Waals surface area contributed by atoms with E-state index in [1.54, 1.807) is 0 Å². The molecule has 1 heterocycles. The van der Waals surface area contributed by atoms with Crippen molar-refractivity contribution in [3.05, 3.63) is 35.1 Å². The molecule has 1 atom stereocenters. The third kappa shape index (κ3) is 2.26. The molecule has 18 heavy (non-hydrogen) atoms. The van der Waals surface area contributed by atoms with Gasteiger partial charge in [-0.1, -0.05) is 0 Å². The predicted octanol–water partition coefficient (Wildman–Crippen LogP) is 2.16. The number of amides is 1. The zero-order valence-electron chi connectivity index (χ0n) is 9.20. The highest BCUT2D eigenvalue weighted by Gasteiger charge is 2.29. The molecule has 1 N–H and O–H groups in total. The topological polar surface area (TPSA) is 49.8 Å². The lowest BCUT2D eigenvalue weighted by Crippen LogP contribution is -2.42.